The molecule has 5 nitrogen and oxygen atoms in total. The lowest BCUT2D eigenvalue weighted by Gasteiger charge is -2.04. The SMILES string of the molecule is O=C([O-])CCC/C(=N/O)c1cccnc1. The van der Waals surface area contributed by atoms with Gasteiger partial charge in [0.15, 0.2) is 0 Å². The molecule has 0 saturated heterocycles. The van der Waals surface area contributed by atoms with E-state index in [0.29, 0.717) is 24.1 Å². The number of hydrogen-bond acceptors (Lipinski definition) is 5. The van der Waals surface area contributed by atoms with Gasteiger partial charge in [-0.3, -0.25) is 4.98 Å². The number of aromatic nitrogens is 1. The maximum atomic E-state index is 10.2. The molecule has 1 rings (SSSR count). The summed E-state index contributed by atoms with van der Waals surface area (Å²) in [6.45, 7) is 0. The van der Waals surface area contributed by atoms with Crippen molar-refractivity contribution in [1.29, 1.82) is 0 Å². The molecule has 0 saturated carbocycles. The van der Waals surface area contributed by atoms with E-state index >= 15 is 0 Å². The van der Waals surface area contributed by atoms with E-state index in [-0.39, 0.29) is 6.42 Å². The Morgan fingerprint density at radius 3 is 2.87 bits per heavy atom. The van der Waals surface area contributed by atoms with Gasteiger partial charge in [-0.2, -0.15) is 0 Å². The molecule has 0 unspecified atom stereocenters. The number of carboxylic acids is 1. The zero-order chi connectivity index (χ0) is 11.1. The number of carboxylic acid groups (broad SMARTS) is 1. The van der Waals surface area contributed by atoms with Crippen LogP contribution in [0.25, 0.3) is 0 Å². The fraction of sp³-hybridized carbons (Fsp3) is 0.300. The van der Waals surface area contributed by atoms with E-state index in [9.17, 15) is 9.90 Å². The molecule has 0 aliphatic carbocycles. The van der Waals surface area contributed by atoms with Gasteiger partial charge in [-0.25, -0.2) is 0 Å². The molecule has 0 aliphatic heterocycles. The van der Waals surface area contributed by atoms with E-state index in [1.807, 2.05) is 0 Å². The van der Waals surface area contributed by atoms with Crippen LogP contribution in [0, 0.1) is 0 Å². The van der Waals surface area contributed by atoms with Gasteiger partial charge in [0.05, 0.1) is 5.71 Å². The molecule has 80 valence electrons. The normalized spacial score (nSPS) is 11.3. The van der Waals surface area contributed by atoms with Crippen LogP contribution < -0.4 is 5.11 Å². The Balaban J connectivity index is 2.55. The topological polar surface area (TPSA) is 85.6 Å². The van der Waals surface area contributed by atoms with Gasteiger partial charge in [-0.05, 0) is 31.4 Å². The van der Waals surface area contributed by atoms with Crippen LogP contribution in [0.4, 0.5) is 0 Å². The third kappa shape index (κ3) is 3.76. The van der Waals surface area contributed by atoms with Gasteiger partial charge in [0, 0.05) is 23.9 Å². The molecule has 0 spiro atoms. The molecule has 1 aromatic heterocycles. The summed E-state index contributed by atoms with van der Waals surface area (Å²) in [7, 11) is 0. The maximum Gasteiger partial charge on any atom is 0.0883 e. The molecule has 1 aromatic rings. The molecule has 0 radical (unpaired) electrons. The average molecular weight is 207 g/mol. The number of carbonyl (C=O) groups is 1. The third-order valence-corrected chi connectivity index (χ3v) is 1.91. The summed E-state index contributed by atoms with van der Waals surface area (Å²) in [5.41, 5.74) is 1.13. The number of rotatable bonds is 5. The number of pyridine rings is 1. The molecular formula is C10H11N2O3-. The number of hydrogen-bond donors (Lipinski definition) is 1. The Kier molecular flexibility index (Phi) is 4.28. The minimum atomic E-state index is -1.10. The lowest BCUT2D eigenvalue weighted by atomic mass is 10.1. The number of nitrogens with zero attached hydrogens (tertiary/aromatic N) is 2. The first kappa shape index (κ1) is 11.2. The highest BCUT2D eigenvalue weighted by molar-refractivity contribution is 5.99. The highest BCUT2D eigenvalue weighted by Crippen LogP contribution is 2.06. The molecule has 0 bridgehead atoms. The predicted octanol–water partition coefficient (Wildman–Crippen LogP) is 0.180. The molecular weight excluding hydrogens is 196 g/mol. The van der Waals surface area contributed by atoms with Crippen molar-refractivity contribution < 1.29 is 15.1 Å². The number of oxime groups is 1. The Morgan fingerprint density at radius 1 is 1.53 bits per heavy atom. The highest BCUT2D eigenvalue weighted by atomic mass is 16.4. The van der Waals surface area contributed by atoms with Crippen molar-refractivity contribution in [3.63, 3.8) is 0 Å². The zero-order valence-corrected chi connectivity index (χ0v) is 8.09. The van der Waals surface area contributed by atoms with Gasteiger partial charge in [0.2, 0.25) is 0 Å². The molecule has 0 aromatic carbocycles. The minimum Gasteiger partial charge on any atom is -0.550 e. The first-order valence-corrected chi connectivity index (χ1v) is 4.55. The van der Waals surface area contributed by atoms with E-state index in [4.69, 9.17) is 5.21 Å². The van der Waals surface area contributed by atoms with Crippen molar-refractivity contribution in [2.75, 3.05) is 0 Å². The fourth-order valence-corrected chi connectivity index (χ4v) is 1.19. The Labute approximate surface area is 87.1 Å². The summed E-state index contributed by atoms with van der Waals surface area (Å²) >= 11 is 0. The van der Waals surface area contributed by atoms with Crippen LogP contribution in [0.1, 0.15) is 24.8 Å². The Morgan fingerprint density at radius 2 is 2.33 bits per heavy atom. The predicted molar refractivity (Wildman–Crippen MR) is 51.4 cm³/mol. The summed E-state index contributed by atoms with van der Waals surface area (Å²) in [6.07, 6.45) is 3.90. The molecule has 0 atom stereocenters. The monoisotopic (exact) mass is 207 g/mol. The smallest absolute Gasteiger partial charge is 0.0883 e. The Hall–Kier alpha value is -1.91. The van der Waals surface area contributed by atoms with Gasteiger partial charge in [-0.1, -0.05) is 5.16 Å². The van der Waals surface area contributed by atoms with Crippen LogP contribution >= 0.6 is 0 Å². The van der Waals surface area contributed by atoms with Crippen LogP contribution in [0.3, 0.4) is 0 Å². The second-order valence-corrected chi connectivity index (χ2v) is 3.01. The van der Waals surface area contributed by atoms with Gasteiger partial charge >= 0.3 is 0 Å². The number of carbonyl (C=O) groups excluding carboxylic acids is 1. The summed E-state index contributed by atoms with van der Waals surface area (Å²) < 4.78 is 0. The van der Waals surface area contributed by atoms with E-state index in [0.717, 1.165) is 0 Å². The van der Waals surface area contributed by atoms with Crippen molar-refractivity contribution >= 4 is 11.7 Å². The van der Waals surface area contributed by atoms with Crippen molar-refractivity contribution in [2.24, 2.45) is 5.16 Å². The quantitative estimate of drug-likeness (QED) is 0.424. The van der Waals surface area contributed by atoms with Crippen molar-refractivity contribution in [3.05, 3.63) is 30.1 Å². The highest BCUT2D eigenvalue weighted by Gasteiger charge is 2.03. The molecule has 1 heterocycles. The average Bonchev–Trinajstić information content (AvgIpc) is 2.25. The third-order valence-electron chi connectivity index (χ3n) is 1.91. The molecule has 1 N–H and O–H groups in total. The van der Waals surface area contributed by atoms with Crippen molar-refractivity contribution in [3.8, 4) is 0 Å². The van der Waals surface area contributed by atoms with Gasteiger partial charge < -0.3 is 15.1 Å². The minimum absolute atomic E-state index is 0.0424. The second-order valence-electron chi connectivity index (χ2n) is 3.01. The van der Waals surface area contributed by atoms with E-state index in [1.54, 1.807) is 24.5 Å². The summed E-state index contributed by atoms with van der Waals surface area (Å²) in [5, 5.41) is 22.0. The summed E-state index contributed by atoms with van der Waals surface area (Å²) in [4.78, 5) is 14.1. The van der Waals surface area contributed by atoms with Crippen LogP contribution in [0.5, 0.6) is 0 Å². The largest absolute Gasteiger partial charge is 0.550 e. The first-order valence-electron chi connectivity index (χ1n) is 4.55. The zero-order valence-electron chi connectivity index (χ0n) is 8.09. The molecule has 0 aliphatic rings. The van der Waals surface area contributed by atoms with E-state index in [2.05, 4.69) is 10.1 Å². The van der Waals surface area contributed by atoms with Gasteiger partial charge in [0.25, 0.3) is 0 Å². The molecule has 15 heavy (non-hydrogen) atoms. The Bertz CT molecular complexity index is 349. The lowest BCUT2D eigenvalue weighted by molar-refractivity contribution is -0.305. The standard InChI is InChI=1S/C10H12N2O3/c13-10(14)5-1-4-9(12-15)8-3-2-6-11-7-8/h2-3,6-7,15H,1,4-5H2,(H,13,14)/p-1/b12-9-. The lowest BCUT2D eigenvalue weighted by Crippen LogP contribution is -2.21. The molecule has 0 fully saturated rings. The van der Waals surface area contributed by atoms with Crippen molar-refractivity contribution in [1.82, 2.24) is 4.98 Å². The second kappa shape index (κ2) is 5.74. The van der Waals surface area contributed by atoms with Gasteiger partial charge in [-0.15, -0.1) is 0 Å². The molecule has 5 heteroatoms. The van der Waals surface area contributed by atoms with Crippen LogP contribution in [0.2, 0.25) is 0 Å². The maximum absolute atomic E-state index is 10.2. The van der Waals surface area contributed by atoms with Crippen LogP contribution in [-0.2, 0) is 4.79 Å². The van der Waals surface area contributed by atoms with Gasteiger partial charge in [0.1, 0.15) is 0 Å². The van der Waals surface area contributed by atoms with E-state index < -0.39 is 5.97 Å². The van der Waals surface area contributed by atoms with Crippen molar-refractivity contribution in [2.45, 2.75) is 19.3 Å². The van der Waals surface area contributed by atoms with Crippen LogP contribution in [0.15, 0.2) is 29.7 Å². The van der Waals surface area contributed by atoms with E-state index in [1.165, 1.54) is 0 Å². The number of aliphatic carboxylic acids is 1. The summed E-state index contributed by atoms with van der Waals surface area (Å²) in [5.74, 6) is -1.10. The first-order chi connectivity index (χ1) is 7.24. The molecule has 0 amide bonds. The fourth-order valence-electron chi connectivity index (χ4n) is 1.19. The van der Waals surface area contributed by atoms with Crippen LogP contribution in [-0.4, -0.2) is 21.9 Å². The summed E-state index contributed by atoms with van der Waals surface area (Å²) in [6, 6.07) is 3.47.